The first-order valence-electron chi connectivity index (χ1n) is 8.07. The molecule has 24 heavy (non-hydrogen) atoms. The number of likely N-dealkylation sites (tertiary alicyclic amines) is 1. The molecule has 0 aromatic heterocycles. The predicted octanol–water partition coefficient (Wildman–Crippen LogP) is 1.73. The number of benzene rings is 1. The van der Waals surface area contributed by atoms with E-state index in [0.29, 0.717) is 13.1 Å². The van der Waals surface area contributed by atoms with Gasteiger partial charge in [-0.3, -0.25) is 9.59 Å². The molecule has 0 radical (unpaired) electrons. The third-order valence-electron chi connectivity index (χ3n) is 4.11. The highest BCUT2D eigenvalue weighted by atomic mass is 32.2. The lowest BCUT2D eigenvalue weighted by Gasteiger charge is -2.40. The molecule has 0 bridgehead atoms. The number of hydrogen-bond acceptors (Lipinski definition) is 4. The van der Waals surface area contributed by atoms with Crippen LogP contribution in [-0.2, 0) is 19.6 Å². The fourth-order valence-electron chi connectivity index (χ4n) is 2.46. The van der Waals surface area contributed by atoms with Gasteiger partial charge in [0.2, 0.25) is 11.8 Å². The van der Waals surface area contributed by atoms with Crippen molar-refractivity contribution in [2.75, 3.05) is 13.1 Å². The Morgan fingerprint density at radius 2 is 1.58 bits per heavy atom. The van der Waals surface area contributed by atoms with Crippen molar-refractivity contribution in [1.82, 2.24) is 9.62 Å². The zero-order chi connectivity index (χ0) is 18.1. The zero-order valence-electron chi connectivity index (χ0n) is 14.4. The molecular weight excluding hydrogens is 328 g/mol. The molecule has 0 saturated carbocycles. The first kappa shape index (κ1) is 18.4. The Labute approximate surface area is 143 Å². The molecule has 1 aliphatic rings. The van der Waals surface area contributed by atoms with E-state index in [2.05, 4.69) is 4.72 Å². The van der Waals surface area contributed by atoms with Crippen molar-refractivity contribution in [1.29, 1.82) is 0 Å². The fraction of sp³-hybridized carbons (Fsp3) is 0.529. The van der Waals surface area contributed by atoms with Gasteiger partial charge < -0.3 is 4.90 Å². The van der Waals surface area contributed by atoms with Gasteiger partial charge in [-0.25, -0.2) is 13.1 Å². The molecule has 1 saturated heterocycles. The SMILES string of the molecule is CC(C)C(=O)NS(=O)(=O)c1ccc(C2CN(C(=O)C(C)C)C2)cc1. The van der Waals surface area contributed by atoms with Crippen molar-refractivity contribution in [3.8, 4) is 0 Å². The molecule has 1 aromatic rings. The second-order valence-electron chi connectivity index (χ2n) is 6.79. The van der Waals surface area contributed by atoms with Gasteiger partial charge in [-0.15, -0.1) is 0 Å². The van der Waals surface area contributed by atoms with Crippen LogP contribution in [-0.4, -0.2) is 38.2 Å². The Balaban J connectivity index is 2.02. The minimum absolute atomic E-state index is 0.0111. The van der Waals surface area contributed by atoms with Crippen LogP contribution in [0.5, 0.6) is 0 Å². The van der Waals surface area contributed by atoms with Crippen LogP contribution in [0.25, 0.3) is 0 Å². The minimum Gasteiger partial charge on any atom is -0.341 e. The molecular formula is C17H24N2O4S. The summed E-state index contributed by atoms with van der Waals surface area (Å²) in [5.74, 6) is -0.570. The largest absolute Gasteiger partial charge is 0.341 e. The Morgan fingerprint density at radius 3 is 2.04 bits per heavy atom. The van der Waals surface area contributed by atoms with E-state index in [1.165, 1.54) is 12.1 Å². The van der Waals surface area contributed by atoms with Gasteiger partial charge in [0.25, 0.3) is 10.0 Å². The van der Waals surface area contributed by atoms with Crippen LogP contribution in [0.4, 0.5) is 0 Å². The lowest BCUT2D eigenvalue weighted by molar-refractivity contribution is -0.139. The summed E-state index contributed by atoms with van der Waals surface area (Å²) in [7, 11) is -3.84. The third kappa shape index (κ3) is 3.95. The van der Waals surface area contributed by atoms with Gasteiger partial charge in [0.05, 0.1) is 4.90 Å². The fourth-order valence-corrected chi connectivity index (χ4v) is 3.58. The van der Waals surface area contributed by atoms with Crippen LogP contribution < -0.4 is 4.72 Å². The maximum absolute atomic E-state index is 12.1. The van der Waals surface area contributed by atoms with Crippen molar-refractivity contribution in [2.24, 2.45) is 11.8 Å². The number of sulfonamides is 1. The molecule has 0 aliphatic carbocycles. The van der Waals surface area contributed by atoms with Crippen molar-refractivity contribution < 1.29 is 18.0 Å². The van der Waals surface area contributed by atoms with E-state index >= 15 is 0 Å². The molecule has 1 heterocycles. The molecule has 0 atom stereocenters. The van der Waals surface area contributed by atoms with Gasteiger partial charge in [0.15, 0.2) is 0 Å². The summed E-state index contributed by atoms with van der Waals surface area (Å²) < 4.78 is 26.3. The number of carbonyl (C=O) groups excluding carboxylic acids is 2. The topological polar surface area (TPSA) is 83.6 Å². The zero-order valence-corrected chi connectivity index (χ0v) is 15.3. The number of nitrogens with zero attached hydrogens (tertiary/aromatic N) is 1. The van der Waals surface area contributed by atoms with Crippen LogP contribution >= 0.6 is 0 Å². The van der Waals surface area contributed by atoms with Crippen LogP contribution in [0.1, 0.15) is 39.2 Å². The summed E-state index contributed by atoms with van der Waals surface area (Å²) in [6, 6.07) is 6.49. The van der Waals surface area contributed by atoms with Crippen LogP contribution in [0, 0.1) is 11.8 Å². The average molecular weight is 352 g/mol. The lowest BCUT2D eigenvalue weighted by atomic mass is 9.90. The smallest absolute Gasteiger partial charge is 0.264 e. The van der Waals surface area contributed by atoms with Crippen LogP contribution in [0.2, 0.25) is 0 Å². The minimum atomic E-state index is -3.84. The standard InChI is InChI=1S/C17H24N2O4S/c1-11(2)16(20)18-24(22,23)15-7-5-13(6-8-15)14-9-19(10-14)17(21)12(3)4/h5-8,11-12,14H,9-10H2,1-4H3,(H,18,20). The van der Waals surface area contributed by atoms with Gasteiger partial charge in [-0.05, 0) is 17.7 Å². The van der Waals surface area contributed by atoms with E-state index in [0.717, 1.165) is 5.56 Å². The van der Waals surface area contributed by atoms with Crippen molar-refractivity contribution >= 4 is 21.8 Å². The highest BCUT2D eigenvalue weighted by Crippen LogP contribution is 2.28. The quantitative estimate of drug-likeness (QED) is 0.875. The van der Waals surface area contributed by atoms with E-state index in [-0.39, 0.29) is 22.6 Å². The van der Waals surface area contributed by atoms with Gasteiger partial charge in [0, 0.05) is 30.8 Å². The summed E-state index contributed by atoms with van der Waals surface area (Å²) in [5.41, 5.74) is 0.997. The van der Waals surface area contributed by atoms with E-state index in [1.807, 2.05) is 18.7 Å². The van der Waals surface area contributed by atoms with E-state index in [4.69, 9.17) is 0 Å². The van der Waals surface area contributed by atoms with Crippen LogP contribution in [0.3, 0.4) is 0 Å². The maximum atomic E-state index is 12.1. The lowest BCUT2D eigenvalue weighted by Crippen LogP contribution is -2.49. The number of rotatable bonds is 5. The first-order valence-corrected chi connectivity index (χ1v) is 9.55. The first-order chi connectivity index (χ1) is 11.1. The summed E-state index contributed by atoms with van der Waals surface area (Å²) in [5, 5.41) is 0. The number of amides is 2. The number of nitrogens with one attached hydrogen (secondary N) is 1. The van der Waals surface area contributed by atoms with Crippen LogP contribution in [0.15, 0.2) is 29.2 Å². The van der Waals surface area contributed by atoms with E-state index in [9.17, 15) is 18.0 Å². The Morgan fingerprint density at radius 1 is 1.04 bits per heavy atom. The number of hydrogen-bond donors (Lipinski definition) is 1. The second kappa shape index (κ2) is 6.93. The Bertz CT molecular complexity index is 717. The molecule has 7 heteroatoms. The van der Waals surface area contributed by atoms with E-state index in [1.54, 1.807) is 26.0 Å². The second-order valence-corrected chi connectivity index (χ2v) is 8.47. The average Bonchev–Trinajstić information content (AvgIpc) is 2.45. The molecule has 0 unspecified atom stereocenters. The highest BCUT2D eigenvalue weighted by molar-refractivity contribution is 7.90. The number of carbonyl (C=O) groups is 2. The molecule has 1 aliphatic heterocycles. The molecule has 1 fully saturated rings. The predicted molar refractivity (Wildman–Crippen MR) is 90.8 cm³/mol. The summed E-state index contributed by atoms with van der Waals surface area (Å²) >= 11 is 0. The van der Waals surface area contributed by atoms with Gasteiger partial charge in [-0.2, -0.15) is 0 Å². The highest BCUT2D eigenvalue weighted by Gasteiger charge is 2.32. The summed E-state index contributed by atoms with van der Waals surface area (Å²) in [4.78, 5) is 25.3. The molecule has 1 aromatic carbocycles. The molecule has 132 valence electrons. The van der Waals surface area contributed by atoms with Crippen molar-refractivity contribution in [3.63, 3.8) is 0 Å². The molecule has 2 amide bonds. The monoisotopic (exact) mass is 352 g/mol. The van der Waals surface area contributed by atoms with Gasteiger partial charge in [0.1, 0.15) is 0 Å². The maximum Gasteiger partial charge on any atom is 0.264 e. The van der Waals surface area contributed by atoms with Gasteiger partial charge >= 0.3 is 0 Å². The molecule has 2 rings (SSSR count). The summed E-state index contributed by atoms with van der Waals surface area (Å²) in [6.45, 7) is 8.34. The Kier molecular flexibility index (Phi) is 5.32. The molecule has 0 spiro atoms. The Hall–Kier alpha value is -1.89. The van der Waals surface area contributed by atoms with E-state index < -0.39 is 21.8 Å². The summed E-state index contributed by atoms with van der Waals surface area (Å²) in [6.07, 6.45) is 0. The third-order valence-corrected chi connectivity index (χ3v) is 5.47. The molecule has 6 nitrogen and oxygen atoms in total. The molecule has 1 N–H and O–H groups in total. The van der Waals surface area contributed by atoms with Gasteiger partial charge in [-0.1, -0.05) is 39.8 Å². The normalized spacial score (nSPS) is 15.5. The van der Waals surface area contributed by atoms with Crippen molar-refractivity contribution in [2.45, 2.75) is 38.5 Å². The van der Waals surface area contributed by atoms with Crippen molar-refractivity contribution in [3.05, 3.63) is 29.8 Å².